The Morgan fingerprint density at radius 3 is 1.39 bits per heavy atom. The van der Waals surface area contributed by atoms with Gasteiger partial charge < -0.3 is 65.1 Å². The molecule has 9 N–H and O–H groups in total. The highest BCUT2D eigenvalue weighted by Gasteiger charge is 2.51. The Bertz CT molecular complexity index is 1740. The molecular formula is C65H109NO13. The molecule has 14 nitrogen and oxygen atoms in total. The highest BCUT2D eigenvalue weighted by molar-refractivity contribution is 5.76. The summed E-state index contributed by atoms with van der Waals surface area (Å²) in [5.41, 5.74) is 0. The van der Waals surface area contributed by atoms with Crippen molar-refractivity contribution >= 4 is 5.91 Å². The lowest BCUT2D eigenvalue weighted by molar-refractivity contribution is -0.359. The maximum atomic E-state index is 13.2. The molecule has 0 bridgehead atoms. The lowest BCUT2D eigenvalue weighted by Gasteiger charge is -2.46. The van der Waals surface area contributed by atoms with Crippen molar-refractivity contribution in [2.75, 3.05) is 19.8 Å². The van der Waals surface area contributed by atoms with E-state index in [1.54, 1.807) is 6.08 Å². The number of aliphatic hydroxyl groups excluding tert-OH is 8. The molecule has 0 aromatic heterocycles. The Kier molecular flexibility index (Phi) is 44.8. The highest BCUT2D eigenvalue weighted by Crippen LogP contribution is 2.30. The first-order chi connectivity index (χ1) is 38.6. The van der Waals surface area contributed by atoms with Gasteiger partial charge in [-0.2, -0.15) is 0 Å². The van der Waals surface area contributed by atoms with Gasteiger partial charge in [0.1, 0.15) is 48.8 Å². The van der Waals surface area contributed by atoms with Crippen LogP contribution in [-0.2, 0) is 23.7 Å². The van der Waals surface area contributed by atoms with Gasteiger partial charge in [0, 0.05) is 6.42 Å². The summed E-state index contributed by atoms with van der Waals surface area (Å²) in [5.74, 6) is -0.260. The second-order valence-corrected chi connectivity index (χ2v) is 21.1. The average molecular weight is 1110 g/mol. The molecule has 0 radical (unpaired) electrons. The quantitative estimate of drug-likeness (QED) is 0.0204. The van der Waals surface area contributed by atoms with Crippen molar-refractivity contribution in [2.45, 2.75) is 274 Å². The number of aliphatic hydroxyl groups is 8. The molecule has 0 saturated carbocycles. The van der Waals surface area contributed by atoms with Crippen LogP contribution in [0.4, 0.5) is 0 Å². The largest absolute Gasteiger partial charge is 0.394 e. The lowest BCUT2D eigenvalue weighted by Crippen LogP contribution is -2.65. The topological polar surface area (TPSA) is 228 Å². The molecule has 0 spiro atoms. The van der Waals surface area contributed by atoms with E-state index in [1.807, 2.05) is 6.08 Å². The zero-order valence-electron chi connectivity index (χ0n) is 48.6. The minimum atomic E-state index is -1.80. The maximum Gasteiger partial charge on any atom is 0.220 e. The number of rotatable bonds is 47. The van der Waals surface area contributed by atoms with Crippen molar-refractivity contribution in [3.05, 3.63) is 109 Å². The second-order valence-electron chi connectivity index (χ2n) is 21.1. The van der Waals surface area contributed by atoms with E-state index in [4.69, 9.17) is 18.9 Å². The Hall–Kier alpha value is -3.35. The zero-order valence-corrected chi connectivity index (χ0v) is 48.6. The van der Waals surface area contributed by atoms with Crippen LogP contribution in [0.25, 0.3) is 0 Å². The minimum absolute atomic E-state index is 0.260. The predicted molar refractivity (Wildman–Crippen MR) is 318 cm³/mol. The van der Waals surface area contributed by atoms with Gasteiger partial charge >= 0.3 is 0 Å². The van der Waals surface area contributed by atoms with Crippen LogP contribution in [0.15, 0.2) is 109 Å². The number of hydrogen-bond acceptors (Lipinski definition) is 13. The Morgan fingerprint density at radius 1 is 0.468 bits per heavy atom. The third kappa shape index (κ3) is 34.6. The van der Waals surface area contributed by atoms with E-state index < -0.39 is 86.8 Å². The Balaban J connectivity index is 1.66. The summed E-state index contributed by atoms with van der Waals surface area (Å²) in [6, 6.07) is -0.943. The van der Waals surface area contributed by atoms with Crippen molar-refractivity contribution in [3.8, 4) is 0 Å². The monoisotopic (exact) mass is 1110 g/mol. The number of allylic oxidation sites excluding steroid dienone is 17. The van der Waals surface area contributed by atoms with Crippen LogP contribution in [0.2, 0.25) is 0 Å². The van der Waals surface area contributed by atoms with Gasteiger partial charge in [-0.1, -0.05) is 213 Å². The van der Waals surface area contributed by atoms with E-state index in [1.165, 1.54) is 83.5 Å². The molecule has 0 aromatic rings. The van der Waals surface area contributed by atoms with Crippen LogP contribution >= 0.6 is 0 Å². The van der Waals surface area contributed by atoms with Gasteiger partial charge in [0.25, 0.3) is 0 Å². The molecule has 12 atom stereocenters. The summed E-state index contributed by atoms with van der Waals surface area (Å²) in [6.45, 7) is 2.58. The van der Waals surface area contributed by atoms with Gasteiger partial charge in [0.15, 0.2) is 12.6 Å². The summed E-state index contributed by atoms with van der Waals surface area (Å²) in [7, 11) is 0. The van der Waals surface area contributed by atoms with Crippen LogP contribution in [0.3, 0.4) is 0 Å². The molecule has 12 unspecified atom stereocenters. The third-order valence-electron chi connectivity index (χ3n) is 14.2. The van der Waals surface area contributed by atoms with Crippen molar-refractivity contribution in [3.63, 3.8) is 0 Å². The van der Waals surface area contributed by atoms with Crippen molar-refractivity contribution in [1.29, 1.82) is 0 Å². The van der Waals surface area contributed by atoms with E-state index >= 15 is 0 Å². The van der Waals surface area contributed by atoms with Crippen LogP contribution in [-0.4, -0.2) is 140 Å². The summed E-state index contributed by atoms with van der Waals surface area (Å²) >= 11 is 0. The fourth-order valence-corrected chi connectivity index (χ4v) is 9.25. The Morgan fingerprint density at radius 2 is 0.886 bits per heavy atom. The number of carbonyl (C=O) groups is 1. The standard InChI is InChI=1S/C65H109NO13/c1-3-5-7-9-11-13-15-17-18-19-20-21-22-23-24-25-26-27-28-29-30-31-32-33-34-35-36-37-39-41-43-45-47-49-57(70)66-53(54(69)48-46-44-42-40-38-16-14-12-10-8-6-4-2)52-76-64-62(75)60(73)63(56(51-68)78-64)79-65-61(74)59(72)58(71)55(50-67)77-65/h5,7,10-13,17-18,20-21,23-24,26-27,38,40,46,48,53-56,58-65,67-69,71-75H,3-4,6,8-9,14-16,19,22,25,28-37,39,41-45,47,49-52H2,1-2H3,(H,66,70)/b7-5-,12-10+,13-11-,18-17-,21-20-,24-23-,27-26-,40-38+,48-46+. The van der Waals surface area contributed by atoms with Crippen LogP contribution in [0.1, 0.15) is 200 Å². The van der Waals surface area contributed by atoms with Gasteiger partial charge in [-0.15, -0.1) is 0 Å². The normalized spacial score (nSPS) is 25.2. The molecule has 79 heavy (non-hydrogen) atoms. The fourth-order valence-electron chi connectivity index (χ4n) is 9.25. The van der Waals surface area contributed by atoms with E-state index in [-0.39, 0.29) is 18.9 Å². The smallest absolute Gasteiger partial charge is 0.220 e. The van der Waals surface area contributed by atoms with E-state index in [2.05, 4.69) is 116 Å². The number of unbranched alkanes of at least 4 members (excludes halogenated alkanes) is 18. The van der Waals surface area contributed by atoms with E-state index in [0.29, 0.717) is 12.8 Å². The molecule has 14 heteroatoms. The molecule has 2 aliphatic rings. The number of amides is 1. The summed E-state index contributed by atoms with van der Waals surface area (Å²) < 4.78 is 22.7. The number of ether oxygens (including phenoxy) is 4. The number of nitrogens with one attached hydrogen (secondary N) is 1. The molecule has 1 amide bonds. The first-order valence-corrected chi connectivity index (χ1v) is 30.6. The van der Waals surface area contributed by atoms with Crippen LogP contribution in [0, 0.1) is 0 Å². The van der Waals surface area contributed by atoms with Gasteiger partial charge in [0.05, 0.1) is 32.0 Å². The Labute approximate surface area is 476 Å². The molecule has 2 saturated heterocycles. The summed E-state index contributed by atoms with van der Waals surface area (Å²) in [5, 5.41) is 86.9. The molecular weight excluding hydrogens is 1000 g/mol. The van der Waals surface area contributed by atoms with Gasteiger partial charge in [-0.25, -0.2) is 0 Å². The highest BCUT2D eigenvalue weighted by atomic mass is 16.7. The molecule has 2 heterocycles. The van der Waals surface area contributed by atoms with E-state index in [9.17, 15) is 45.6 Å². The first kappa shape index (κ1) is 71.8. The summed E-state index contributed by atoms with van der Waals surface area (Å²) in [6.07, 6.45) is 52.9. The zero-order chi connectivity index (χ0) is 57.4. The van der Waals surface area contributed by atoms with Gasteiger partial charge in [0.2, 0.25) is 5.91 Å². The minimum Gasteiger partial charge on any atom is -0.394 e. The molecule has 0 aromatic carbocycles. The van der Waals surface area contributed by atoms with Crippen LogP contribution < -0.4 is 5.32 Å². The SMILES string of the molecule is CC/C=C\C/C=C\C/C=C\C/C=C\C/C=C\C/C=C\CCCCCCCCCCCCCCCCC(=O)NC(COC1OC(CO)C(OC2OC(CO)C(O)C(O)C2O)C(O)C1O)C(O)/C=C/CC/C=C/CC/C=C/CCCC. The molecule has 2 rings (SSSR count). The van der Waals surface area contributed by atoms with Gasteiger partial charge in [-0.05, 0) is 89.9 Å². The van der Waals surface area contributed by atoms with Crippen molar-refractivity contribution < 1.29 is 64.6 Å². The first-order valence-electron chi connectivity index (χ1n) is 30.6. The molecule has 0 aliphatic carbocycles. The molecule has 452 valence electrons. The van der Waals surface area contributed by atoms with Crippen LogP contribution in [0.5, 0.6) is 0 Å². The summed E-state index contributed by atoms with van der Waals surface area (Å²) in [4.78, 5) is 13.2. The van der Waals surface area contributed by atoms with Gasteiger partial charge in [-0.3, -0.25) is 4.79 Å². The average Bonchev–Trinajstić information content (AvgIpc) is 3.49. The van der Waals surface area contributed by atoms with E-state index in [0.717, 1.165) is 83.5 Å². The second kappa shape index (κ2) is 49.3. The third-order valence-corrected chi connectivity index (χ3v) is 14.2. The lowest BCUT2D eigenvalue weighted by atomic mass is 9.97. The predicted octanol–water partition coefficient (Wildman–Crippen LogP) is 10.8. The van der Waals surface area contributed by atoms with Crippen molar-refractivity contribution in [2.24, 2.45) is 0 Å². The maximum absolute atomic E-state index is 13.2. The molecule has 2 fully saturated rings. The molecule has 2 aliphatic heterocycles. The number of carbonyl (C=O) groups excluding carboxylic acids is 1. The van der Waals surface area contributed by atoms with Crippen molar-refractivity contribution in [1.82, 2.24) is 5.32 Å². The fraction of sp³-hybridized carbons (Fsp3) is 0.708. The number of hydrogen-bond donors (Lipinski definition) is 9.